The normalized spacial score (nSPS) is 10.5. The third kappa shape index (κ3) is 2.59. The van der Waals surface area contributed by atoms with Crippen LogP contribution in [0, 0.1) is 6.92 Å². The van der Waals surface area contributed by atoms with Gasteiger partial charge in [0.05, 0.1) is 5.69 Å². The van der Waals surface area contributed by atoms with Gasteiger partial charge in [-0.2, -0.15) is 5.10 Å². The molecule has 0 aromatic carbocycles. The molecule has 2 heterocycles. The summed E-state index contributed by atoms with van der Waals surface area (Å²) in [5.74, 6) is 1.22. The predicted molar refractivity (Wildman–Crippen MR) is 62.8 cm³/mol. The Morgan fingerprint density at radius 1 is 1.47 bits per heavy atom. The molecule has 90 valence electrons. The zero-order valence-corrected chi connectivity index (χ0v) is 10.1. The van der Waals surface area contributed by atoms with Crippen molar-refractivity contribution in [1.82, 2.24) is 25.1 Å². The summed E-state index contributed by atoms with van der Waals surface area (Å²) >= 11 is 0. The van der Waals surface area contributed by atoms with Crippen LogP contribution in [0.2, 0.25) is 0 Å². The van der Waals surface area contributed by atoms with Crippen LogP contribution in [0.3, 0.4) is 0 Å². The van der Waals surface area contributed by atoms with E-state index < -0.39 is 0 Å². The second kappa shape index (κ2) is 4.92. The maximum atomic E-state index is 5.72. The number of hydrogen-bond acceptors (Lipinski definition) is 5. The van der Waals surface area contributed by atoms with Crippen molar-refractivity contribution < 1.29 is 4.74 Å². The third-order valence-corrected chi connectivity index (χ3v) is 2.27. The molecular weight excluding hydrogens is 218 g/mol. The monoisotopic (exact) mass is 233 g/mol. The molecule has 0 radical (unpaired) electrons. The molecule has 0 fully saturated rings. The first-order valence-electron chi connectivity index (χ1n) is 5.32. The molecule has 2 aromatic rings. The van der Waals surface area contributed by atoms with Gasteiger partial charge in [-0.3, -0.25) is 0 Å². The van der Waals surface area contributed by atoms with Crippen LogP contribution in [0.4, 0.5) is 0 Å². The fraction of sp³-hybridized carbons (Fsp3) is 0.364. The van der Waals surface area contributed by atoms with Crippen LogP contribution in [0.1, 0.15) is 11.3 Å². The largest absolute Gasteiger partial charge is 0.421 e. The number of ether oxygens (including phenoxy) is 1. The zero-order valence-electron chi connectivity index (χ0n) is 10.1. The SMILES string of the molecule is CNCc1cncnc1Oc1cc(C)nn1C. The smallest absolute Gasteiger partial charge is 0.228 e. The summed E-state index contributed by atoms with van der Waals surface area (Å²) in [6, 6.07) is 1.87. The number of hydrogen-bond donors (Lipinski definition) is 1. The zero-order chi connectivity index (χ0) is 12.3. The number of nitrogens with one attached hydrogen (secondary N) is 1. The summed E-state index contributed by atoms with van der Waals surface area (Å²) in [5.41, 5.74) is 1.82. The van der Waals surface area contributed by atoms with Crippen molar-refractivity contribution in [3.05, 3.63) is 29.8 Å². The molecule has 0 aliphatic rings. The molecule has 0 amide bonds. The van der Waals surface area contributed by atoms with Gasteiger partial charge >= 0.3 is 0 Å². The highest BCUT2D eigenvalue weighted by atomic mass is 16.5. The van der Waals surface area contributed by atoms with E-state index in [0.29, 0.717) is 18.3 Å². The van der Waals surface area contributed by atoms with Crippen molar-refractivity contribution in [2.45, 2.75) is 13.5 Å². The van der Waals surface area contributed by atoms with Crippen LogP contribution in [0.5, 0.6) is 11.8 Å². The van der Waals surface area contributed by atoms with Crippen molar-refractivity contribution >= 4 is 0 Å². The quantitative estimate of drug-likeness (QED) is 0.854. The fourth-order valence-electron chi connectivity index (χ4n) is 1.53. The molecular formula is C11H15N5O. The standard InChI is InChI=1S/C11H15N5O/c1-8-4-10(16(3)15-8)17-11-9(5-12-2)6-13-7-14-11/h4,6-7,12H,5H2,1-3H3. The second-order valence-corrected chi connectivity index (χ2v) is 3.73. The van der Waals surface area contributed by atoms with E-state index in [9.17, 15) is 0 Å². The molecule has 6 heteroatoms. The van der Waals surface area contributed by atoms with E-state index in [-0.39, 0.29) is 0 Å². The molecule has 0 saturated carbocycles. The lowest BCUT2D eigenvalue weighted by molar-refractivity contribution is 0.408. The molecule has 0 aliphatic carbocycles. The Kier molecular flexibility index (Phi) is 3.34. The van der Waals surface area contributed by atoms with Gasteiger partial charge in [-0.15, -0.1) is 0 Å². The van der Waals surface area contributed by atoms with Crippen molar-refractivity contribution in [3.8, 4) is 11.8 Å². The Hall–Kier alpha value is -1.95. The molecule has 0 bridgehead atoms. The van der Waals surface area contributed by atoms with Gasteiger partial charge in [-0.05, 0) is 14.0 Å². The molecule has 17 heavy (non-hydrogen) atoms. The lowest BCUT2D eigenvalue weighted by Gasteiger charge is -2.08. The van der Waals surface area contributed by atoms with Gasteiger partial charge in [0.15, 0.2) is 0 Å². The Labute approximate surface area is 99.7 Å². The highest BCUT2D eigenvalue weighted by Gasteiger charge is 2.09. The predicted octanol–water partition coefficient (Wildman–Crippen LogP) is 1.03. The van der Waals surface area contributed by atoms with Gasteiger partial charge in [0.2, 0.25) is 11.8 Å². The van der Waals surface area contributed by atoms with E-state index in [2.05, 4.69) is 20.4 Å². The van der Waals surface area contributed by atoms with E-state index in [1.54, 1.807) is 10.9 Å². The van der Waals surface area contributed by atoms with Gasteiger partial charge in [-0.25, -0.2) is 14.6 Å². The van der Waals surface area contributed by atoms with E-state index >= 15 is 0 Å². The minimum absolute atomic E-state index is 0.553. The molecule has 2 rings (SSSR count). The number of nitrogens with zero attached hydrogens (tertiary/aromatic N) is 4. The van der Waals surface area contributed by atoms with Crippen molar-refractivity contribution in [2.24, 2.45) is 7.05 Å². The minimum atomic E-state index is 0.553. The van der Waals surface area contributed by atoms with Crippen LogP contribution in [-0.4, -0.2) is 26.8 Å². The maximum absolute atomic E-state index is 5.72. The van der Waals surface area contributed by atoms with Crippen LogP contribution in [0.15, 0.2) is 18.6 Å². The number of rotatable bonds is 4. The molecule has 0 saturated heterocycles. The summed E-state index contributed by atoms with van der Waals surface area (Å²) in [5, 5.41) is 7.26. The van der Waals surface area contributed by atoms with E-state index in [0.717, 1.165) is 11.3 Å². The second-order valence-electron chi connectivity index (χ2n) is 3.73. The molecule has 6 nitrogen and oxygen atoms in total. The summed E-state index contributed by atoms with van der Waals surface area (Å²) < 4.78 is 7.40. The van der Waals surface area contributed by atoms with Crippen LogP contribution >= 0.6 is 0 Å². The molecule has 0 aliphatic heterocycles. The highest BCUT2D eigenvalue weighted by molar-refractivity contribution is 5.27. The first-order chi connectivity index (χ1) is 8.20. The van der Waals surface area contributed by atoms with Crippen LogP contribution in [0.25, 0.3) is 0 Å². The van der Waals surface area contributed by atoms with Gasteiger partial charge < -0.3 is 10.1 Å². The molecule has 1 N–H and O–H groups in total. The molecule has 0 spiro atoms. The van der Waals surface area contributed by atoms with Gasteiger partial charge in [0.1, 0.15) is 6.33 Å². The average molecular weight is 233 g/mol. The van der Waals surface area contributed by atoms with Crippen molar-refractivity contribution in [1.29, 1.82) is 0 Å². The lowest BCUT2D eigenvalue weighted by atomic mass is 10.3. The topological polar surface area (TPSA) is 64.9 Å². The first-order valence-corrected chi connectivity index (χ1v) is 5.32. The Balaban J connectivity index is 2.26. The minimum Gasteiger partial charge on any atom is -0.421 e. The fourth-order valence-corrected chi connectivity index (χ4v) is 1.53. The maximum Gasteiger partial charge on any atom is 0.228 e. The number of aromatic nitrogens is 4. The molecule has 0 unspecified atom stereocenters. The van der Waals surface area contributed by atoms with E-state index in [1.165, 1.54) is 6.33 Å². The molecule has 2 aromatic heterocycles. The average Bonchev–Trinajstić information content (AvgIpc) is 2.61. The van der Waals surface area contributed by atoms with Crippen LogP contribution < -0.4 is 10.1 Å². The lowest BCUT2D eigenvalue weighted by Crippen LogP contribution is -2.08. The number of aryl methyl sites for hydroxylation is 2. The van der Waals surface area contributed by atoms with Crippen LogP contribution in [-0.2, 0) is 13.6 Å². The van der Waals surface area contributed by atoms with Gasteiger partial charge in [0, 0.05) is 31.4 Å². The Bertz CT molecular complexity index is 508. The first kappa shape index (κ1) is 11.5. The summed E-state index contributed by atoms with van der Waals surface area (Å²) in [6.07, 6.45) is 3.21. The molecule has 0 atom stereocenters. The summed E-state index contributed by atoms with van der Waals surface area (Å²) in [6.45, 7) is 2.58. The van der Waals surface area contributed by atoms with Gasteiger partial charge in [0.25, 0.3) is 0 Å². The third-order valence-electron chi connectivity index (χ3n) is 2.27. The Morgan fingerprint density at radius 2 is 2.29 bits per heavy atom. The highest BCUT2D eigenvalue weighted by Crippen LogP contribution is 2.22. The van der Waals surface area contributed by atoms with E-state index in [4.69, 9.17) is 4.74 Å². The van der Waals surface area contributed by atoms with Crippen molar-refractivity contribution in [2.75, 3.05) is 7.05 Å². The van der Waals surface area contributed by atoms with E-state index in [1.807, 2.05) is 27.1 Å². The van der Waals surface area contributed by atoms with Crippen molar-refractivity contribution in [3.63, 3.8) is 0 Å². The summed E-state index contributed by atoms with van der Waals surface area (Å²) in [7, 11) is 3.70. The Morgan fingerprint density at radius 3 is 2.94 bits per heavy atom. The summed E-state index contributed by atoms with van der Waals surface area (Å²) in [4.78, 5) is 8.11. The van der Waals surface area contributed by atoms with Gasteiger partial charge in [-0.1, -0.05) is 0 Å².